The Morgan fingerprint density at radius 2 is 2.16 bits per heavy atom. The van der Waals surface area contributed by atoms with Crippen LogP contribution in [-0.2, 0) is 6.42 Å². The van der Waals surface area contributed by atoms with Crippen LogP contribution in [0.4, 0.5) is 5.69 Å². The number of carbonyl (C=O) groups is 1. The first-order chi connectivity index (χ1) is 9.16. The normalized spacial score (nSPS) is 10.1. The average Bonchev–Trinajstić information content (AvgIpc) is 2.39. The molecular weight excluding hydrogens is 242 g/mol. The summed E-state index contributed by atoms with van der Waals surface area (Å²) in [5, 5.41) is 0. The number of pyridine rings is 1. The molecule has 19 heavy (non-hydrogen) atoms. The zero-order chi connectivity index (χ0) is 13.7. The van der Waals surface area contributed by atoms with Gasteiger partial charge in [-0.05, 0) is 23.8 Å². The molecule has 0 fully saturated rings. The quantitative estimate of drug-likeness (QED) is 0.792. The Kier molecular flexibility index (Phi) is 3.97. The lowest BCUT2D eigenvalue weighted by Gasteiger charge is -2.10. The fourth-order valence-corrected chi connectivity index (χ4v) is 1.69. The maximum atomic E-state index is 11.3. The minimum Gasteiger partial charge on any atom is -0.492 e. The van der Waals surface area contributed by atoms with Crippen molar-refractivity contribution in [3.63, 3.8) is 0 Å². The summed E-state index contributed by atoms with van der Waals surface area (Å²) >= 11 is 0. The first-order valence-electron chi connectivity index (χ1n) is 5.88. The van der Waals surface area contributed by atoms with E-state index in [1.165, 1.54) is 0 Å². The Hall–Kier alpha value is -2.56. The average molecular weight is 257 g/mol. The van der Waals surface area contributed by atoms with Crippen molar-refractivity contribution in [2.75, 3.05) is 12.3 Å². The third kappa shape index (κ3) is 3.45. The highest BCUT2D eigenvalue weighted by Gasteiger charge is 2.09. The van der Waals surface area contributed by atoms with Gasteiger partial charge in [0.1, 0.15) is 5.75 Å². The Bertz CT molecular complexity index is 570. The topological polar surface area (TPSA) is 91.2 Å². The van der Waals surface area contributed by atoms with E-state index in [0.29, 0.717) is 30.0 Å². The molecule has 0 aliphatic carbocycles. The van der Waals surface area contributed by atoms with E-state index in [4.69, 9.17) is 16.2 Å². The number of nitrogens with zero attached hydrogens (tertiary/aromatic N) is 1. The number of ether oxygens (including phenoxy) is 1. The summed E-state index contributed by atoms with van der Waals surface area (Å²) in [6.45, 7) is 0.426. The van der Waals surface area contributed by atoms with Crippen molar-refractivity contribution in [1.82, 2.24) is 4.98 Å². The van der Waals surface area contributed by atoms with Crippen molar-refractivity contribution < 1.29 is 9.53 Å². The van der Waals surface area contributed by atoms with Gasteiger partial charge in [-0.2, -0.15) is 0 Å². The number of amides is 1. The molecule has 1 aromatic carbocycles. The van der Waals surface area contributed by atoms with E-state index < -0.39 is 5.91 Å². The number of hydrogen-bond acceptors (Lipinski definition) is 4. The lowest BCUT2D eigenvalue weighted by atomic mass is 10.1. The van der Waals surface area contributed by atoms with Gasteiger partial charge in [0.15, 0.2) is 0 Å². The lowest BCUT2D eigenvalue weighted by Crippen LogP contribution is -2.14. The van der Waals surface area contributed by atoms with Crippen LogP contribution in [0.3, 0.4) is 0 Å². The number of hydrogen-bond donors (Lipinski definition) is 2. The molecule has 1 aromatic heterocycles. The summed E-state index contributed by atoms with van der Waals surface area (Å²) in [5.41, 5.74) is 12.9. The molecule has 0 bridgehead atoms. The van der Waals surface area contributed by atoms with Crippen LogP contribution in [0.5, 0.6) is 5.75 Å². The van der Waals surface area contributed by atoms with Gasteiger partial charge < -0.3 is 16.2 Å². The van der Waals surface area contributed by atoms with Crippen LogP contribution in [0, 0.1) is 0 Å². The van der Waals surface area contributed by atoms with Crippen LogP contribution in [-0.4, -0.2) is 17.5 Å². The minimum atomic E-state index is -0.531. The van der Waals surface area contributed by atoms with Gasteiger partial charge in [-0.3, -0.25) is 9.78 Å². The maximum absolute atomic E-state index is 11.3. The van der Waals surface area contributed by atoms with E-state index in [0.717, 1.165) is 5.56 Å². The first kappa shape index (κ1) is 12.9. The van der Waals surface area contributed by atoms with Gasteiger partial charge in [0.25, 0.3) is 5.91 Å². The van der Waals surface area contributed by atoms with Gasteiger partial charge in [0.2, 0.25) is 0 Å². The van der Waals surface area contributed by atoms with Crippen LogP contribution in [0.25, 0.3) is 0 Å². The Morgan fingerprint density at radius 3 is 2.84 bits per heavy atom. The number of carbonyl (C=O) groups excluding carboxylic acids is 1. The molecule has 0 atom stereocenters. The van der Waals surface area contributed by atoms with Crippen LogP contribution in [0.15, 0.2) is 42.7 Å². The number of rotatable bonds is 5. The molecule has 0 aliphatic heterocycles. The molecule has 0 saturated carbocycles. The fraction of sp³-hybridized carbons (Fsp3) is 0.143. The second kappa shape index (κ2) is 5.86. The Labute approximate surface area is 111 Å². The molecule has 2 rings (SSSR count). The van der Waals surface area contributed by atoms with Crippen molar-refractivity contribution in [3.8, 4) is 5.75 Å². The third-order valence-corrected chi connectivity index (χ3v) is 2.64. The van der Waals surface area contributed by atoms with Gasteiger partial charge in [-0.25, -0.2) is 0 Å². The van der Waals surface area contributed by atoms with Crippen molar-refractivity contribution in [3.05, 3.63) is 53.9 Å². The molecule has 1 amide bonds. The van der Waals surface area contributed by atoms with Gasteiger partial charge in [-0.15, -0.1) is 0 Å². The summed E-state index contributed by atoms with van der Waals surface area (Å²) in [4.78, 5) is 15.3. The summed E-state index contributed by atoms with van der Waals surface area (Å²) in [6.07, 6.45) is 4.19. The summed E-state index contributed by atoms with van der Waals surface area (Å²) in [7, 11) is 0. The standard InChI is InChI=1S/C14H15N3O2/c15-11-3-4-12(14(16)18)13(8-11)19-7-5-10-2-1-6-17-9-10/h1-4,6,8-9H,5,7,15H2,(H2,16,18). The molecular formula is C14H15N3O2. The number of primary amides is 1. The van der Waals surface area contributed by atoms with Crippen molar-refractivity contribution in [2.45, 2.75) is 6.42 Å². The van der Waals surface area contributed by atoms with E-state index >= 15 is 0 Å². The predicted molar refractivity (Wildman–Crippen MR) is 72.8 cm³/mol. The van der Waals surface area contributed by atoms with E-state index in [9.17, 15) is 4.79 Å². The van der Waals surface area contributed by atoms with E-state index in [2.05, 4.69) is 4.98 Å². The van der Waals surface area contributed by atoms with Gasteiger partial charge >= 0.3 is 0 Å². The summed E-state index contributed by atoms with van der Waals surface area (Å²) in [5.74, 6) is -0.118. The highest BCUT2D eigenvalue weighted by atomic mass is 16.5. The smallest absolute Gasteiger partial charge is 0.252 e. The van der Waals surface area contributed by atoms with Gasteiger partial charge in [-0.1, -0.05) is 6.07 Å². The molecule has 0 spiro atoms. The lowest BCUT2D eigenvalue weighted by molar-refractivity contribution is 0.0996. The number of nitrogens with two attached hydrogens (primary N) is 2. The molecule has 0 radical (unpaired) electrons. The molecule has 5 nitrogen and oxygen atoms in total. The SMILES string of the molecule is NC(=O)c1ccc(N)cc1OCCc1cccnc1. The minimum absolute atomic E-state index is 0.334. The Balaban J connectivity index is 2.03. The number of nitrogen functional groups attached to an aromatic ring is 1. The molecule has 0 unspecified atom stereocenters. The molecule has 5 heteroatoms. The van der Waals surface area contributed by atoms with Crippen LogP contribution in [0.1, 0.15) is 15.9 Å². The summed E-state index contributed by atoms with van der Waals surface area (Å²) < 4.78 is 5.57. The molecule has 4 N–H and O–H groups in total. The number of anilines is 1. The third-order valence-electron chi connectivity index (χ3n) is 2.64. The second-order valence-electron chi connectivity index (χ2n) is 4.08. The highest BCUT2D eigenvalue weighted by Crippen LogP contribution is 2.21. The monoisotopic (exact) mass is 257 g/mol. The van der Waals surface area contributed by atoms with Gasteiger partial charge in [0, 0.05) is 30.6 Å². The zero-order valence-corrected chi connectivity index (χ0v) is 10.4. The van der Waals surface area contributed by atoms with E-state index in [1.807, 2.05) is 12.1 Å². The molecule has 0 saturated heterocycles. The molecule has 98 valence electrons. The van der Waals surface area contributed by atoms with Crippen molar-refractivity contribution >= 4 is 11.6 Å². The predicted octanol–water partition coefficient (Wildman–Crippen LogP) is 1.38. The van der Waals surface area contributed by atoms with Gasteiger partial charge in [0.05, 0.1) is 12.2 Å². The Morgan fingerprint density at radius 1 is 1.32 bits per heavy atom. The van der Waals surface area contributed by atoms with Crippen molar-refractivity contribution in [1.29, 1.82) is 0 Å². The fourth-order valence-electron chi connectivity index (χ4n) is 1.69. The highest BCUT2D eigenvalue weighted by molar-refractivity contribution is 5.96. The van der Waals surface area contributed by atoms with E-state index in [-0.39, 0.29) is 0 Å². The maximum Gasteiger partial charge on any atom is 0.252 e. The molecule has 0 aliphatic rings. The summed E-state index contributed by atoms with van der Waals surface area (Å²) in [6, 6.07) is 8.61. The number of aromatic nitrogens is 1. The van der Waals surface area contributed by atoms with Crippen LogP contribution >= 0.6 is 0 Å². The molecule has 1 heterocycles. The van der Waals surface area contributed by atoms with Crippen molar-refractivity contribution in [2.24, 2.45) is 5.73 Å². The number of benzene rings is 1. The second-order valence-corrected chi connectivity index (χ2v) is 4.08. The first-order valence-corrected chi connectivity index (χ1v) is 5.88. The molecule has 2 aromatic rings. The van der Waals surface area contributed by atoms with Crippen LogP contribution < -0.4 is 16.2 Å². The van der Waals surface area contributed by atoms with E-state index in [1.54, 1.807) is 30.6 Å². The largest absolute Gasteiger partial charge is 0.492 e. The van der Waals surface area contributed by atoms with Crippen LogP contribution in [0.2, 0.25) is 0 Å². The zero-order valence-electron chi connectivity index (χ0n) is 10.4.